The minimum atomic E-state index is 0.479. The highest BCUT2D eigenvalue weighted by Gasteiger charge is 2.27. The van der Waals surface area contributed by atoms with Gasteiger partial charge in [-0.25, -0.2) is 9.97 Å². The number of likely N-dealkylation sites (N-methyl/N-ethyl adjacent to an activating group) is 1. The molecule has 0 radical (unpaired) electrons. The summed E-state index contributed by atoms with van der Waals surface area (Å²) in [5.41, 5.74) is 2.63. The number of rotatable bonds is 5. The monoisotopic (exact) mass is 326 g/mol. The average Bonchev–Trinajstić information content (AvgIpc) is 3.05. The summed E-state index contributed by atoms with van der Waals surface area (Å²) in [5, 5.41) is 0. The Morgan fingerprint density at radius 2 is 2.00 bits per heavy atom. The number of pyridine rings is 1. The molecule has 0 N–H and O–H groups in total. The van der Waals surface area contributed by atoms with Gasteiger partial charge in [-0.05, 0) is 30.5 Å². The zero-order valence-electron chi connectivity index (χ0n) is 15.0. The minimum absolute atomic E-state index is 0.479. The van der Waals surface area contributed by atoms with Crippen LogP contribution in [0.1, 0.15) is 17.5 Å². The van der Waals surface area contributed by atoms with E-state index < -0.39 is 0 Å². The molecule has 0 amide bonds. The minimum Gasteiger partial charge on any atom is -0.363 e. The van der Waals surface area contributed by atoms with Gasteiger partial charge in [-0.1, -0.05) is 0 Å². The zero-order valence-corrected chi connectivity index (χ0v) is 15.0. The molecule has 128 valence electrons. The predicted octanol–water partition coefficient (Wildman–Crippen LogP) is 1.96. The van der Waals surface area contributed by atoms with E-state index in [2.05, 4.69) is 44.8 Å². The van der Waals surface area contributed by atoms with Gasteiger partial charge in [0.05, 0.1) is 0 Å². The van der Waals surface area contributed by atoms with Crippen molar-refractivity contribution in [1.29, 1.82) is 0 Å². The fourth-order valence-electron chi connectivity index (χ4n) is 3.14. The molecule has 1 aliphatic rings. The summed E-state index contributed by atoms with van der Waals surface area (Å²) >= 11 is 0. The number of likely N-dealkylation sites (tertiary alicyclic amines) is 1. The maximum atomic E-state index is 4.45. The van der Waals surface area contributed by atoms with E-state index in [0.29, 0.717) is 6.04 Å². The van der Waals surface area contributed by atoms with E-state index in [0.717, 1.165) is 37.7 Å². The molecule has 1 unspecified atom stereocenters. The van der Waals surface area contributed by atoms with E-state index in [1.807, 2.05) is 37.5 Å². The van der Waals surface area contributed by atoms with Gasteiger partial charge < -0.3 is 9.80 Å². The van der Waals surface area contributed by atoms with E-state index in [1.54, 1.807) is 6.33 Å². The molecule has 0 saturated carbocycles. The molecule has 1 aliphatic heterocycles. The standard InChI is InChI=1S/C18H26N6/c1-14-5-7-19-10-15(14)11-24-8-6-16(12-24)23(4)18-9-17(22(2)3)20-13-21-18/h5,7,9-10,13,16H,6,8,11-12H2,1-4H3. The van der Waals surface area contributed by atoms with Crippen LogP contribution >= 0.6 is 0 Å². The summed E-state index contributed by atoms with van der Waals surface area (Å²) < 4.78 is 0. The van der Waals surface area contributed by atoms with E-state index in [9.17, 15) is 0 Å². The van der Waals surface area contributed by atoms with E-state index >= 15 is 0 Å². The van der Waals surface area contributed by atoms with Gasteiger partial charge in [0.25, 0.3) is 0 Å². The van der Waals surface area contributed by atoms with Crippen molar-refractivity contribution in [3.63, 3.8) is 0 Å². The number of nitrogens with zero attached hydrogens (tertiary/aromatic N) is 6. The van der Waals surface area contributed by atoms with Gasteiger partial charge in [-0.15, -0.1) is 0 Å². The fraction of sp³-hybridized carbons (Fsp3) is 0.500. The Morgan fingerprint density at radius 1 is 1.21 bits per heavy atom. The fourth-order valence-corrected chi connectivity index (χ4v) is 3.14. The molecule has 0 aromatic carbocycles. The number of aryl methyl sites for hydroxylation is 1. The lowest BCUT2D eigenvalue weighted by Crippen LogP contribution is -2.35. The molecule has 2 aromatic rings. The largest absolute Gasteiger partial charge is 0.363 e. The Bertz CT molecular complexity index is 687. The summed E-state index contributed by atoms with van der Waals surface area (Å²) in [4.78, 5) is 19.8. The molecule has 1 saturated heterocycles. The first kappa shape index (κ1) is 16.6. The first-order chi connectivity index (χ1) is 11.5. The van der Waals surface area contributed by atoms with E-state index in [-0.39, 0.29) is 0 Å². The normalized spacial score (nSPS) is 17.9. The summed E-state index contributed by atoms with van der Waals surface area (Å²) in [5.74, 6) is 1.92. The SMILES string of the molecule is Cc1ccncc1CN1CCC(N(C)c2cc(N(C)C)ncn2)C1. The van der Waals surface area contributed by atoms with Gasteiger partial charge in [0.1, 0.15) is 18.0 Å². The summed E-state index contributed by atoms with van der Waals surface area (Å²) in [6, 6.07) is 4.61. The number of hydrogen-bond donors (Lipinski definition) is 0. The molecule has 0 bridgehead atoms. The van der Waals surface area contributed by atoms with Crippen molar-refractivity contribution in [2.24, 2.45) is 0 Å². The molecular weight excluding hydrogens is 300 g/mol. The third kappa shape index (κ3) is 3.64. The molecule has 0 aliphatic carbocycles. The van der Waals surface area contributed by atoms with Crippen LogP contribution in [0.25, 0.3) is 0 Å². The van der Waals surface area contributed by atoms with Crippen LogP contribution < -0.4 is 9.80 Å². The zero-order chi connectivity index (χ0) is 17.1. The average molecular weight is 326 g/mol. The second kappa shape index (κ2) is 7.13. The third-order valence-corrected chi connectivity index (χ3v) is 4.79. The predicted molar refractivity (Wildman–Crippen MR) is 97.4 cm³/mol. The van der Waals surface area contributed by atoms with Crippen molar-refractivity contribution >= 4 is 11.6 Å². The van der Waals surface area contributed by atoms with Crippen LogP contribution in [0.3, 0.4) is 0 Å². The Kier molecular flexibility index (Phi) is 4.94. The Balaban J connectivity index is 1.65. The lowest BCUT2D eigenvalue weighted by Gasteiger charge is -2.26. The van der Waals surface area contributed by atoms with Gasteiger partial charge >= 0.3 is 0 Å². The van der Waals surface area contributed by atoms with E-state index in [1.165, 1.54) is 11.1 Å². The highest BCUT2D eigenvalue weighted by atomic mass is 15.3. The van der Waals surface area contributed by atoms with Crippen LogP contribution in [0.4, 0.5) is 11.6 Å². The lowest BCUT2D eigenvalue weighted by atomic mass is 10.1. The molecule has 3 rings (SSSR count). The highest BCUT2D eigenvalue weighted by Crippen LogP contribution is 2.23. The van der Waals surface area contributed by atoms with Gasteiger partial charge in [0.15, 0.2) is 0 Å². The first-order valence-electron chi connectivity index (χ1n) is 8.38. The second-order valence-electron chi connectivity index (χ2n) is 6.72. The maximum absolute atomic E-state index is 4.45. The molecular formula is C18H26N6. The highest BCUT2D eigenvalue weighted by molar-refractivity contribution is 5.49. The lowest BCUT2D eigenvalue weighted by molar-refractivity contribution is 0.324. The maximum Gasteiger partial charge on any atom is 0.134 e. The van der Waals surface area contributed by atoms with Crippen molar-refractivity contribution in [2.75, 3.05) is 44.0 Å². The quantitative estimate of drug-likeness (QED) is 0.837. The van der Waals surface area contributed by atoms with Gasteiger partial charge in [0.2, 0.25) is 0 Å². The van der Waals surface area contributed by atoms with Gasteiger partial charge in [0, 0.05) is 65.3 Å². The van der Waals surface area contributed by atoms with Crippen molar-refractivity contribution < 1.29 is 0 Å². The third-order valence-electron chi connectivity index (χ3n) is 4.79. The van der Waals surface area contributed by atoms with Crippen LogP contribution in [-0.4, -0.2) is 60.1 Å². The van der Waals surface area contributed by atoms with Crippen LogP contribution in [0.5, 0.6) is 0 Å². The molecule has 2 aromatic heterocycles. The number of hydrogen-bond acceptors (Lipinski definition) is 6. The molecule has 0 spiro atoms. The Hall–Kier alpha value is -2.21. The van der Waals surface area contributed by atoms with Crippen molar-refractivity contribution in [3.8, 4) is 0 Å². The van der Waals surface area contributed by atoms with Crippen molar-refractivity contribution in [2.45, 2.75) is 25.9 Å². The number of anilines is 2. The molecule has 6 heteroatoms. The van der Waals surface area contributed by atoms with Crippen LogP contribution in [0, 0.1) is 6.92 Å². The van der Waals surface area contributed by atoms with Crippen LogP contribution in [-0.2, 0) is 6.54 Å². The van der Waals surface area contributed by atoms with Crippen molar-refractivity contribution in [1.82, 2.24) is 19.9 Å². The molecule has 1 atom stereocenters. The van der Waals surface area contributed by atoms with Crippen molar-refractivity contribution in [3.05, 3.63) is 42.0 Å². The van der Waals surface area contributed by atoms with E-state index in [4.69, 9.17) is 0 Å². The van der Waals surface area contributed by atoms with Gasteiger partial charge in [-0.2, -0.15) is 0 Å². The number of aromatic nitrogens is 3. The van der Waals surface area contributed by atoms with Gasteiger partial charge in [-0.3, -0.25) is 9.88 Å². The smallest absolute Gasteiger partial charge is 0.134 e. The summed E-state index contributed by atoms with van der Waals surface area (Å²) in [6.07, 6.45) is 6.64. The Labute approximate surface area is 144 Å². The molecule has 6 nitrogen and oxygen atoms in total. The second-order valence-corrected chi connectivity index (χ2v) is 6.72. The van der Waals surface area contributed by atoms with Crippen LogP contribution in [0.15, 0.2) is 30.9 Å². The summed E-state index contributed by atoms with van der Waals surface area (Å²) in [7, 11) is 6.13. The summed E-state index contributed by atoms with van der Waals surface area (Å²) in [6.45, 7) is 5.28. The first-order valence-corrected chi connectivity index (χ1v) is 8.38. The van der Waals surface area contributed by atoms with Crippen LogP contribution in [0.2, 0.25) is 0 Å². The molecule has 1 fully saturated rings. The Morgan fingerprint density at radius 3 is 2.75 bits per heavy atom. The molecule has 24 heavy (non-hydrogen) atoms. The molecule has 3 heterocycles. The topological polar surface area (TPSA) is 48.4 Å².